The molecule has 152 valence electrons. The molecule has 2 aromatic rings. The minimum Gasteiger partial charge on any atom is -0.322 e. The fraction of sp³-hybridized carbons (Fsp3) is 0.320. The first-order chi connectivity index (χ1) is 14.3. The number of carbonyl (C=O) groups excluding carboxylic acids is 3. The Morgan fingerprint density at radius 2 is 1.73 bits per heavy atom. The van der Waals surface area contributed by atoms with Gasteiger partial charge in [-0.15, -0.1) is 0 Å². The Morgan fingerprint density at radius 3 is 2.50 bits per heavy atom. The highest BCUT2D eigenvalue weighted by atomic mass is 16.2. The Kier molecular flexibility index (Phi) is 4.17. The van der Waals surface area contributed by atoms with Gasteiger partial charge < -0.3 is 5.32 Å². The molecule has 1 saturated heterocycles. The Labute approximate surface area is 175 Å². The summed E-state index contributed by atoms with van der Waals surface area (Å²) in [7, 11) is 0. The van der Waals surface area contributed by atoms with Crippen LogP contribution in [0, 0.1) is 37.5 Å². The van der Waals surface area contributed by atoms with Gasteiger partial charge in [-0.1, -0.05) is 23.8 Å². The third-order valence-electron chi connectivity index (χ3n) is 7.01. The zero-order valence-electron chi connectivity index (χ0n) is 17.3. The molecule has 2 aromatic carbocycles. The van der Waals surface area contributed by atoms with Gasteiger partial charge in [0.2, 0.25) is 11.8 Å². The zero-order chi connectivity index (χ0) is 21.2. The van der Waals surface area contributed by atoms with Crippen LogP contribution in [-0.4, -0.2) is 17.7 Å². The molecule has 5 rings (SSSR count). The van der Waals surface area contributed by atoms with E-state index in [0.717, 1.165) is 23.2 Å². The fourth-order valence-corrected chi connectivity index (χ4v) is 5.34. The number of allylic oxidation sites excluding steroid dienone is 2. The van der Waals surface area contributed by atoms with E-state index in [9.17, 15) is 14.4 Å². The normalized spacial score (nSPS) is 26.8. The number of rotatable bonds is 3. The number of hydrogen-bond acceptors (Lipinski definition) is 3. The van der Waals surface area contributed by atoms with Crippen LogP contribution in [0.25, 0.3) is 0 Å². The molecule has 30 heavy (non-hydrogen) atoms. The molecule has 1 heterocycles. The van der Waals surface area contributed by atoms with Crippen molar-refractivity contribution in [2.24, 2.45) is 23.7 Å². The summed E-state index contributed by atoms with van der Waals surface area (Å²) >= 11 is 0. The number of nitrogens with one attached hydrogen (secondary N) is 1. The van der Waals surface area contributed by atoms with Gasteiger partial charge in [0.15, 0.2) is 0 Å². The largest absolute Gasteiger partial charge is 0.322 e. The molecule has 1 N–H and O–H groups in total. The van der Waals surface area contributed by atoms with E-state index in [1.54, 1.807) is 24.3 Å². The average molecular weight is 400 g/mol. The first kappa shape index (κ1) is 18.8. The first-order valence-corrected chi connectivity index (χ1v) is 10.4. The molecule has 2 fully saturated rings. The van der Waals surface area contributed by atoms with E-state index in [2.05, 4.69) is 18.3 Å². The summed E-state index contributed by atoms with van der Waals surface area (Å²) in [4.78, 5) is 40.3. The second kappa shape index (κ2) is 6.66. The quantitative estimate of drug-likeness (QED) is 0.618. The monoisotopic (exact) mass is 400 g/mol. The van der Waals surface area contributed by atoms with Gasteiger partial charge in [0.25, 0.3) is 5.91 Å². The predicted octanol–water partition coefficient (Wildman–Crippen LogP) is 4.26. The van der Waals surface area contributed by atoms with Crippen molar-refractivity contribution < 1.29 is 14.4 Å². The van der Waals surface area contributed by atoms with E-state index < -0.39 is 0 Å². The zero-order valence-corrected chi connectivity index (χ0v) is 17.3. The second-order valence-electron chi connectivity index (χ2n) is 8.78. The van der Waals surface area contributed by atoms with E-state index in [0.29, 0.717) is 11.3 Å². The molecule has 4 atom stereocenters. The van der Waals surface area contributed by atoms with Gasteiger partial charge >= 0.3 is 0 Å². The lowest BCUT2D eigenvalue weighted by molar-refractivity contribution is -0.123. The molecule has 0 radical (unpaired) electrons. The van der Waals surface area contributed by atoms with E-state index in [1.807, 2.05) is 32.0 Å². The smallest absolute Gasteiger partial charge is 0.255 e. The summed E-state index contributed by atoms with van der Waals surface area (Å²) in [6.07, 6.45) is 3.07. The minimum atomic E-state index is -0.267. The molecule has 1 aliphatic heterocycles. The third-order valence-corrected chi connectivity index (χ3v) is 7.01. The predicted molar refractivity (Wildman–Crippen MR) is 115 cm³/mol. The number of benzene rings is 2. The third kappa shape index (κ3) is 2.72. The standard InChI is InChI=1S/C25H24N2O3/c1-13-7-8-18(10-14(13)2)26-23(28)16-5-4-6-19(11-16)27-24(29)21-17-9-15(3)20(12-17)22(21)25(27)30/h4-11,17,20-22H,12H2,1-3H3,(H,26,28)/t17-,20-,21-,22+/m1/s1. The number of aryl methyl sites for hydroxylation is 2. The van der Waals surface area contributed by atoms with E-state index in [4.69, 9.17) is 0 Å². The number of amides is 3. The lowest BCUT2D eigenvalue weighted by Gasteiger charge is -2.19. The summed E-state index contributed by atoms with van der Waals surface area (Å²) in [5.41, 5.74) is 5.09. The summed E-state index contributed by atoms with van der Waals surface area (Å²) in [5.74, 6) is -0.684. The van der Waals surface area contributed by atoms with Gasteiger partial charge in [-0.2, -0.15) is 0 Å². The van der Waals surface area contributed by atoms with Crippen molar-refractivity contribution >= 4 is 29.1 Å². The molecular weight excluding hydrogens is 376 g/mol. The van der Waals surface area contributed by atoms with Gasteiger partial charge in [-0.05, 0) is 80.5 Å². The first-order valence-electron chi connectivity index (χ1n) is 10.4. The molecule has 3 aliphatic rings. The average Bonchev–Trinajstić information content (AvgIpc) is 3.35. The minimum absolute atomic E-state index is 0.128. The fourth-order valence-electron chi connectivity index (χ4n) is 5.34. The van der Waals surface area contributed by atoms with E-state index in [1.165, 1.54) is 10.5 Å². The van der Waals surface area contributed by atoms with Gasteiger partial charge in [-0.3, -0.25) is 14.4 Å². The van der Waals surface area contributed by atoms with Crippen LogP contribution in [0.3, 0.4) is 0 Å². The number of anilines is 2. The topological polar surface area (TPSA) is 66.5 Å². The summed E-state index contributed by atoms with van der Waals surface area (Å²) in [6, 6.07) is 12.5. The summed E-state index contributed by atoms with van der Waals surface area (Å²) < 4.78 is 0. The maximum atomic E-state index is 13.2. The molecule has 0 spiro atoms. The van der Waals surface area contributed by atoms with Crippen molar-refractivity contribution in [3.63, 3.8) is 0 Å². The summed E-state index contributed by atoms with van der Waals surface area (Å²) in [6.45, 7) is 6.07. The molecule has 5 nitrogen and oxygen atoms in total. The van der Waals surface area contributed by atoms with Crippen LogP contribution < -0.4 is 10.2 Å². The lowest BCUT2D eigenvalue weighted by Crippen LogP contribution is -2.33. The molecule has 3 amide bonds. The molecule has 1 saturated carbocycles. The SMILES string of the molecule is CC1=C[C@@H]2C[C@H]1[C@@H]1C(=O)N(c3cccc(C(=O)Nc4ccc(C)c(C)c4)c3)C(=O)[C@@H]12. The van der Waals surface area contributed by atoms with Crippen molar-refractivity contribution in [3.05, 3.63) is 70.8 Å². The second-order valence-corrected chi connectivity index (χ2v) is 8.78. The van der Waals surface area contributed by atoms with Crippen molar-refractivity contribution in [2.45, 2.75) is 27.2 Å². The summed E-state index contributed by atoms with van der Waals surface area (Å²) in [5, 5.41) is 2.90. The number of nitrogens with zero attached hydrogens (tertiary/aromatic N) is 1. The van der Waals surface area contributed by atoms with Crippen molar-refractivity contribution in [1.82, 2.24) is 0 Å². The van der Waals surface area contributed by atoms with Crippen LogP contribution in [0.5, 0.6) is 0 Å². The Bertz CT molecular complexity index is 1130. The Morgan fingerprint density at radius 1 is 0.967 bits per heavy atom. The maximum absolute atomic E-state index is 13.2. The van der Waals surface area contributed by atoms with Crippen LogP contribution in [-0.2, 0) is 9.59 Å². The van der Waals surface area contributed by atoms with E-state index in [-0.39, 0.29) is 41.4 Å². The number of imide groups is 1. The molecule has 2 bridgehead atoms. The lowest BCUT2D eigenvalue weighted by atomic mass is 9.82. The highest BCUT2D eigenvalue weighted by Crippen LogP contribution is 2.55. The van der Waals surface area contributed by atoms with Gasteiger partial charge in [0, 0.05) is 11.3 Å². The molecule has 2 aliphatic carbocycles. The van der Waals surface area contributed by atoms with Gasteiger partial charge in [0.1, 0.15) is 0 Å². The van der Waals surface area contributed by atoms with Crippen LogP contribution in [0.1, 0.15) is 34.8 Å². The molecule has 0 aromatic heterocycles. The van der Waals surface area contributed by atoms with Crippen LogP contribution in [0.15, 0.2) is 54.1 Å². The van der Waals surface area contributed by atoms with Crippen LogP contribution >= 0.6 is 0 Å². The number of carbonyl (C=O) groups is 3. The number of hydrogen-bond donors (Lipinski definition) is 1. The molecular formula is C25H24N2O3. The highest BCUT2D eigenvalue weighted by molar-refractivity contribution is 6.23. The number of fused-ring (bicyclic) bond motifs is 5. The molecule has 0 unspecified atom stereocenters. The van der Waals surface area contributed by atoms with Crippen LogP contribution in [0.2, 0.25) is 0 Å². The van der Waals surface area contributed by atoms with E-state index >= 15 is 0 Å². The Balaban J connectivity index is 1.40. The van der Waals surface area contributed by atoms with Crippen molar-refractivity contribution in [1.29, 1.82) is 0 Å². The van der Waals surface area contributed by atoms with Crippen molar-refractivity contribution in [3.8, 4) is 0 Å². The van der Waals surface area contributed by atoms with Gasteiger partial charge in [0.05, 0.1) is 17.5 Å². The molecule has 5 heteroatoms. The maximum Gasteiger partial charge on any atom is 0.255 e. The Hall–Kier alpha value is -3.21. The highest BCUT2D eigenvalue weighted by Gasteiger charge is 2.60. The van der Waals surface area contributed by atoms with Crippen molar-refractivity contribution in [2.75, 3.05) is 10.2 Å². The van der Waals surface area contributed by atoms with Crippen LogP contribution in [0.4, 0.5) is 11.4 Å². The van der Waals surface area contributed by atoms with Gasteiger partial charge in [-0.25, -0.2) is 4.90 Å².